The van der Waals surface area contributed by atoms with Gasteiger partial charge in [0.05, 0.1) is 7.11 Å². The SMILES string of the molecule is COc1cccc(NC(=O)C(NCc2ccccc2Cl)c2ccccc2)c1. The zero-order chi connectivity index (χ0) is 19.1. The summed E-state index contributed by atoms with van der Waals surface area (Å²) in [4.78, 5) is 13.0. The predicted octanol–water partition coefficient (Wildman–Crippen LogP) is 4.82. The second-order valence-electron chi connectivity index (χ2n) is 6.04. The molecule has 138 valence electrons. The third kappa shape index (κ3) is 5.09. The van der Waals surface area contributed by atoms with Gasteiger partial charge in [-0.05, 0) is 29.3 Å². The summed E-state index contributed by atoms with van der Waals surface area (Å²) in [5.41, 5.74) is 2.50. The van der Waals surface area contributed by atoms with Gasteiger partial charge in [-0.3, -0.25) is 10.1 Å². The first-order chi connectivity index (χ1) is 13.2. The predicted molar refractivity (Wildman–Crippen MR) is 109 cm³/mol. The number of nitrogens with one attached hydrogen (secondary N) is 2. The Morgan fingerprint density at radius 2 is 1.74 bits per heavy atom. The van der Waals surface area contributed by atoms with Gasteiger partial charge >= 0.3 is 0 Å². The summed E-state index contributed by atoms with van der Waals surface area (Å²) in [6, 6.07) is 24.0. The lowest BCUT2D eigenvalue weighted by molar-refractivity contribution is -0.118. The highest BCUT2D eigenvalue weighted by molar-refractivity contribution is 6.31. The Morgan fingerprint density at radius 1 is 1.00 bits per heavy atom. The summed E-state index contributed by atoms with van der Waals surface area (Å²) in [7, 11) is 1.60. The smallest absolute Gasteiger partial charge is 0.246 e. The van der Waals surface area contributed by atoms with E-state index < -0.39 is 6.04 Å². The molecule has 0 aliphatic rings. The Kier molecular flexibility index (Phi) is 6.47. The molecule has 3 aromatic rings. The lowest BCUT2D eigenvalue weighted by Gasteiger charge is -2.19. The van der Waals surface area contributed by atoms with Crippen LogP contribution in [-0.2, 0) is 11.3 Å². The molecule has 0 heterocycles. The molecule has 4 nitrogen and oxygen atoms in total. The summed E-state index contributed by atoms with van der Waals surface area (Å²) in [5, 5.41) is 6.94. The van der Waals surface area contributed by atoms with Crippen molar-refractivity contribution in [3.05, 3.63) is 95.0 Å². The molecular formula is C22H21ClN2O2. The van der Waals surface area contributed by atoms with E-state index in [1.54, 1.807) is 13.2 Å². The topological polar surface area (TPSA) is 50.4 Å². The van der Waals surface area contributed by atoms with Crippen LogP contribution in [0.15, 0.2) is 78.9 Å². The van der Waals surface area contributed by atoms with Gasteiger partial charge in [0.15, 0.2) is 0 Å². The number of benzene rings is 3. The molecule has 0 radical (unpaired) electrons. The Balaban J connectivity index is 1.79. The van der Waals surface area contributed by atoms with Gasteiger partial charge in [-0.15, -0.1) is 0 Å². The highest BCUT2D eigenvalue weighted by Crippen LogP contribution is 2.21. The van der Waals surface area contributed by atoms with Gasteiger partial charge in [0.2, 0.25) is 5.91 Å². The van der Waals surface area contributed by atoms with Crippen molar-refractivity contribution in [3.63, 3.8) is 0 Å². The van der Waals surface area contributed by atoms with E-state index in [0.717, 1.165) is 11.1 Å². The number of hydrogen-bond donors (Lipinski definition) is 2. The third-order valence-electron chi connectivity index (χ3n) is 4.19. The maximum Gasteiger partial charge on any atom is 0.246 e. The van der Waals surface area contributed by atoms with Crippen LogP contribution < -0.4 is 15.4 Å². The van der Waals surface area contributed by atoms with Crippen molar-refractivity contribution >= 4 is 23.2 Å². The lowest BCUT2D eigenvalue weighted by Crippen LogP contribution is -2.32. The van der Waals surface area contributed by atoms with Crippen molar-refractivity contribution in [2.45, 2.75) is 12.6 Å². The van der Waals surface area contributed by atoms with Gasteiger partial charge in [0.1, 0.15) is 11.8 Å². The van der Waals surface area contributed by atoms with Crippen molar-refractivity contribution in [2.24, 2.45) is 0 Å². The zero-order valence-electron chi connectivity index (χ0n) is 15.0. The molecule has 0 saturated carbocycles. The number of hydrogen-bond acceptors (Lipinski definition) is 3. The lowest BCUT2D eigenvalue weighted by atomic mass is 10.1. The molecule has 5 heteroatoms. The number of rotatable bonds is 7. The largest absolute Gasteiger partial charge is 0.497 e. The summed E-state index contributed by atoms with van der Waals surface area (Å²) in [6.45, 7) is 0.477. The monoisotopic (exact) mass is 380 g/mol. The molecule has 27 heavy (non-hydrogen) atoms. The summed E-state index contributed by atoms with van der Waals surface area (Å²) >= 11 is 6.24. The summed E-state index contributed by atoms with van der Waals surface area (Å²) in [6.07, 6.45) is 0. The maximum absolute atomic E-state index is 13.0. The summed E-state index contributed by atoms with van der Waals surface area (Å²) in [5.74, 6) is 0.537. The molecule has 0 aromatic heterocycles. The fraction of sp³-hybridized carbons (Fsp3) is 0.136. The molecule has 1 atom stereocenters. The van der Waals surface area contributed by atoms with Crippen LogP contribution in [0.2, 0.25) is 5.02 Å². The van der Waals surface area contributed by atoms with Crippen molar-refractivity contribution < 1.29 is 9.53 Å². The van der Waals surface area contributed by atoms with Crippen LogP contribution in [0.25, 0.3) is 0 Å². The first-order valence-electron chi connectivity index (χ1n) is 8.64. The van der Waals surface area contributed by atoms with E-state index in [0.29, 0.717) is 23.0 Å². The van der Waals surface area contributed by atoms with E-state index in [1.807, 2.05) is 72.8 Å². The number of halogens is 1. The van der Waals surface area contributed by atoms with Crippen molar-refractivity contribution in [2.75, 3.05) is 12.4 Å². The van der Waals surface area contributed by atoms with E-state index in [2.05, 4.69) is 10.6 Å². The zero-order valence-corrected chi connectivity index (χ0v) is 15.7. The van der Waals surface area contributed by atoms with Crippen LogP contribution in [0.5, 0.6) is 5.75 Å². The molecule has 2 N–H and O–H groups in total. The number of ether oxygens (including phenoxy) is 1. The van der Waals surface area contributed by atoms with Crippen LogP contribution in [0, 0.1) is 0 Å². The van der Waals surface area contributed by atoms with Gasteiger partial charge < -0.3 is 10.1 Å². The second kappa shape index (κ2) is 9.21. The average molecular weight is 381 g/mol. The molecule has 3 aromatic carbocycles. The number of carbonyl (C=O) groups excluding carboxylic acids is 1. The Morgan fingerprint density at radius 3 is 2.48 bits per heavy atom. The number of anilines is 1. The van der Waals surface area contributed by atoms with Crippen LogP contribution in [0.4, 0.5) is 5.69 Å². The van der Waals surface area contributed by atoms with E-state index in [-0.39, 0.29) is 5.91 Å². The molecule has 3 rings (SSSR count). The highest BCUT2D eigenvalue weighted by Gasteiger charge is 2.20. The normalized spacial score (nSPS) is 11.6. The van der Waals surface area contributed by atoms with Crippen LogP contribution in [0.3, 0.4) is 0 Å². The molecule has 1 unspecified atom stereocenters. The van der Waals surface area contributed by atoms with Gasteiger partial charge in [0.25, 0.3) is 0 Å². The molecule has 0 bridgehead atoms. The van der Waals surface area contributed by atoms with Crippen molar-refractivity contribution in [1.82, 2.24) is 5.32 Å². The fourth-order valence-corrected chi connectivity index (χ4v) is 2.98. The molecule has 0 aliphatic carbocycles. The van der Waals surface area contributed by atoms with Gasteiger partial charge in [-0.1, -0.05) is 66.2 Å². The van der Waals surface area contributed by atoms with E-state index in [9.17, 15) is 4.79 Å². The number of amides is 1. The average Bonchev–Trinajstić information content (AvgIpc) is 2.70. The Bertz CT molecular complexity index is 900. The third-order valence-corrected chi connectivity index (χ3v) is 4.56. The minimum atomic E-state index is -0.520. The molecule has 0 fully saturated rings. The molecule has 0 spiro atoms. The molecule has 1 amide bonds. The van der Waals surface area contributed by atoms with Gasteiger partial charge in [-0.2, -0.15) is 0 Å². The number of methoxy groups -OCH3 is 1. The Hall–Kier alpha value is -2.82. The standard InChI is InChI=1S/C22H21ClN2O2/c1-27-19-12-7-11-18(14-19)25-22(26)21(16-8-3-2-4-9-16)24-15-17-10-5-6-13-20(17)23/h2-14,21,24H,15H2,1H3,(H,25,26). The van der Waals surface area contributed by atoms with E-state index in [1.165, 1.54) is 0 Å². The highest BCUT2D eigenvalue weighted by atomic mass is 35.5. The fourth-order valence-electron chi connectivity index (χ4n) is 2.78. The minimum Gasteiger partial charge on any atom is -0.497 e. The van der Waals surface area contributed by atoms with Gasteiger partial charge in [0, 0.05) is 23.3 Å². The first kappa shape index (κ1) is 19.0. The molecular weight excluding hydrogens is 360 g/mol. The van der Waals surface area contributed by atoms with Crippen LogP contribution in [-0.4, -0.2) is 13.0 Å². The molecule has 0 saturated heterocycles. The van der Waals surface area contributed by atoms with Crippen molar-refractivity contribution in [1.29, 1.82) is 0 Å². The quantitative estimate of drug-likeness (QED) is 0.618. The maximum atomic E-state index is 13.0. The van der Waals surface area contributed by atoms with Crippen LogP contribution >= 0.6 is 11.6 Å². The molecule has 0 aliphatic heterocycles. The van der Waals surface area contributed by atoms with Crippen LogP contribution in [0.1, 0.15) is 17.2 Å². The van der Waals surface area contributed by atoms with Gasteiger partial charge in [-0.25, -0.2) is 0 Å². The Labute approximate surface area is 164 Å². The first-order valence-corrected chi connectivity index (χ1v) is 9.02. The minimum absolute atomic E-state index is 0.151. The summed E-state index contributed by atoms with van der Waals surface area (Å²) < 4.78 is 5.22. The number of carbonyl (C=O) groups is 1. The van der Waals surface area contributed by atoms with E-state index >= 15 is 0 Å². The van der Waals surface area contributed by atoms with Crippen molar-refractivity contribution in [3.8, 4) is 5.75 Å². The van der Waals surface area contributed by atoms with E-state index in [4.69, 9.17) is 16.3 Å². The second-order valence-corrected chi connectivity index (χ2v) is 6.44.